The minimum atomic E-state index is 0.797. The van der Waals surface area contributed by atoms with Crippen LogP contribution in [-0.2, 0) is 0 Å². The Morgan fingerprint density at radius 3 is 1.69 bits per heavy atom. The highest BCUT2D eigenvalue weighted by Gasteiger charge is 2.19. The fraction of sp³-hybridized carbons (Fsp3) is 0. The standard InChI is InChI=1S/C41H25N3O/c1-2-10-28(11-3-1)43-35-15-7-4-12-29(35)33-24-26(18-20-37(33)43)27-19-21-38-34(25-27)30-13-5-8-16-36(30)44(38)41-40-32(22-23-42-41)31-14-6-9-17-39(31)45-40/h1-25H. The number of para-hydroxylation sites is 4. The first-order chi connectivity index (χ1) is 22.3. The second kappa shape index (κ2) is 9.18. The first-order valence-corrected chi connectivity index (χ1v) is 15.2. The summed E-state index contributed by atoms with van der Waals surface area (Å²) in [6.07, 6.45) is 1.88. The van der Waals surface area contributed by atoms with Gasteiger partial charge in [0.25, 0.3) is 0 Å². The number of rotatable bonds is 3. The number of pyridine rings is 1. The van der Waals surface area contributed by atoms with Crippen molar-refractivity contribution in [1.82, 2.24) is 14.1 Å². The summed E-state index contributed by atoms with van der Waals surface area (Å²) in [5, 5.41) is 7.04. The van der Waals surface area contributed by atoms with E-state index in [0.29, 0.717) is 0 Å². The molecule has 0 bridgehead atoms. The highest BCUT2D eigenvalue weighted by Crippen LogP contribution is 2.40. The van der Waals surface area contributed by atoms with E-state index in [-0.39, 0.29) is 0 Å². The molecular weight excluding hydrogens is 550 g/mol. The summed E-state index contributed by atoms with van der Waals surface area (Å²) in [6, 6.07) is 51.7. The van der Waals surface area contributed by atoms with E-state index in [0.717, 1.165) is 38.8 Å². The number of benzene rings is 6. The molecule has 10 rings (SSSR count). The van der Waals surface area contributed by atoms with Crippen molar-refractivity contribution in [2.75, 3.05) is 0 Å². The smallest absolute Gasteiger partial charge is 0.181 e. The molecule has 0 radical (unpaired) electrons. The van der Waals surface area contributed by atoms with Crippen LogP contribution < -0.4 is 0 Å². The Labute approximate surface area is 258 Å². The minimum Gasteiger partial charge on any atom is -0.452 e. The Balaban J connectivity index is 1.20. The quantitative estimate of drug-likeness (QED) is 0.210. The van der Waals surface area contributed by atoms with E-state index in [9.17, 15) is 0 Å². The summed E-state index contributed by atoms with van der Waals surface area (Å²) in [5.74, 6) is 0.804. The molecule has 210 valence electrons. The first kappa shape index (κ1) is 24.3. The number of hydrogen-bond donors (Lipinski definition) is 0. The molecule has 0 unspecified atom stereocenters. The maximum atomic E-state index is 6.42. The summed E-state index contributed by atoms with van der Waals surface area (Å²) in [4.78, 5) is 4.88. The third kappa shape index (κ3) is 3.45. The van der Waals surface area contributed by atoms with Gasteiger partial charge < -0.3 is 8.98 Å². The van der Waals surface area contributed by atoms with Crippen molar-refractivity contribution >= 4 is 65.6 Å². The van der Waals surface area contributed by atoms with E-state index in [1.807, 2.05) is 24.4 Å². The molecule has 4 aromatic heterocycles. The van der Waals surface area contributed by atoms with Crippen molar-refractivity contribution in [2.24, 2.45) is 0 Å². The third-order valence-corrected chi connectivity index (χ3v) is 9.18. The lowest BCUT2D eigenvalue weighted by Crippen LogP contribution is -1.97. The first-order valence-electron chi connectivity index (χ1n) is 15.2. The molecule has 0 amide bonds. The molecule has 6 aromatic carbocycles. The zero-order chi connectivity index (χ0) is 29.5. The summed E-state index contributed by atoms with van der Waals surface area (Å²) in [6.45, 7) is 0. The Hall–Kier alpha value is -6.13. The molecule has 0 fully saturated rings. The number of fused-ring (bicyclic) bond motifs is 9. The normalized spacial score (nSPS) is 12.0. The van der Waals surface area contributed by atoms with Gasteiger partial charge in [-0.05, 0) is 71.8 Å². The lowest BCUT2D eigenvalue weighted by molar-refractivity contribution is 0.663. The molecule has 0 spiro atoms. The number of aromatic nitrogens is 3. The molecular formula is C41H25N3O. The lowest BCUT2D eigenvalue weighted by atomic mass is 10.0. The van der Waals surface area contributed by atoms with Crippen molar-refractivity contribution < 1.29 is 4.42 Å². The van der Waals surface area contributed by atoms with Gasteiger partial charge in [0.1, 0.15) is 5.58 Å². The van der Waals surface area contributed by atoms with Gasteiger partial charge in [0.05, 0.1) is 22.1 Å². The molecule has 0 saturated carbocycles. The predicted molar refractivity (Wildman–Crippen MR) is 186 cm³/mol. The zero-order valence-corrected chi connectivity index (χ0v) is 24.2. The number of nitrogens with zero attached hydrogens (tertiary/aromatic N) is 3. The number of furan rings is 1. The highest BCUT2D eigenvalue weighted by molar-refractivity contribution is 6.14. The van der Waals surface area contributed by atoms with E-state index < -0.39 is 0 Å². The van der Waals surface area contributed by atoms with Crippen LogP contribution >= 0.6 is 0 Å². The van der Waals surface area contributed by atoms with Gasteiger partial charge in [-0.1, -0.05) is 84.9 Å². The van der Waals surface area contributed by atoms with Gasteiger partial charge in [-0.15, -0.1) is 0 Å². The van der Waals surface area contributed by atoms with Crippen LogP contribution in [0.3, 0.4) is 0 Å². The summed E-state index contributed by atoms with van der Waals surface area (Å²) in [5.41, 5.74) is 9.82. The molecule has 10 aromatic rings. The molecule has 0 aliphatic rings. The van der Waals surface area contributed by atoms with Gasteiger partial charge >= 0.3 is 0 Å². The largest absolute Gasteiger partial charge is 0.452 e. The Morgan fingerprint density at radius 2 is 0.978 bits per heavy atom. The Morgan fingerprint density at radius 1 is 0.422 bits per heavy atom. The van der Waals surface area contributed by atoms with Crippen molar-refractivity contribution in [2.45, 2.75) is 0 Å². The van der Waals surface area contributed by atoms with Gasteiger partial charge in [-0.3, -0.25) is 4.57 Å². The van der Waals surface area contributed by atoms with Crippen LogP contribution in [0.5, 0.6) is 0 Å². The van der Waals surface area contributed by atoms with E-state index >= 15 is 0 Å². The molecule has 0 atom stereocenters. The molecule has 0 N–H and O–H groups in total. The second-order valence-electron chi connectivity index (χ2n) is 11.6. The van der Waals surface area contributed by atoms with Gasteiger partial charge in [0, 0.05) is 44.2 Å². The SMILES string of the molecule is c1ccc(-n2c3ccccc3c3cc(-c4ccc5c(c4)c4ccccc4n5-c4nccc5c4oc4ccccc45)ccc32)cc1. The maximum Gasteiger partial charge on any atom is 0.181 e. The number of hydrogen-bond acceptors (Lipinski definition) is 2. The van der Waals surface area contributed by atoms with Crippen molar-refractivity contribution in [3.63, 3.8) is 0 Å². The van der Waals surface area contributed by atoms with E-state index in [4.69, 9.17) is 9.40 Å². The molecule has 0 aliphatic carbocycles. The molecule has 0 saturated heterocycles. The average molecular weight is 576 g/mol. The van der Waals surface area contributed by atoms with Gasteiger partial charge in [-0.2, -0.15) is 0 Å². The van der Waals surface area contributed by atoms with Gasteiger partial charge in [-0.25, -0.2) is 4.98 Å². The third-order valence-electron chi connectivity index (χ3n) is 9.18. The monoisotopic (exact) mass is 575 g/mol. The van der Waals surface area contributed by atoms with E-state index in [1.54, 1.807) is 0 Å². The fourth-order valence-corrected chi connectivity index (χ4v) is 7.19. The summed E-state index contributed by atoms with van der Waals surface area (Å²) >= 11 is 0. The van der Waals surface area contributed by atoms with E-state index in [2.05, 4.69) is 137 Å². The van der Waals surface area contributed by atoms with Crippen LogP contribution in [0.25, 0.3) is 88.2 Å². The molecule has 45 heavy (non-hydrogen) atoms. The van der Waals surface area contributed by atoms with Crippen molar-refractivity contribution in [3.05, 3.63) is 152 Å². The van der Waals surface area contributed by atoms with Crippen LogP contribution in [0.2, 0.25) is 0 Å². The lowest BCUT2D eigenvalue weighted by Gasteiger charge is -2.09. The Kier molecular flexibility index (Phi) is 4.96. The van der Waals surface area contributed by atoms with Crippen LogP contribution in [0.1, 0.15) is 0 Å². The van der Waals surface area contributed by atoms with Gasteiger partial charge in [0.2, 0.25) is 0 Å². The van der Waals surface area contributed by atoms with Gasteiger partial charge in [0.15, 0.2) is 11.4 Å². The highest BCUT2D eigenvalue weighted by atomic mass is 16.3. The zero-order valence-electron chi connectivity index (χ0n) is 24.2. The van der Waals surface area contributed by atoms with Crippen LogP contribution in [-0.4, -0.2) is 14.1 Å². The van der Waals surface area contributed by atoms with Crippen LogP contribution in [0.4, 0.5) is 0 Å². The fourth-order valence-electron chi connectivity index (χ4n) is 7.19. The van der Waals surface area contributed by atoms with E-state index in [1.165, 1.54) is 49.4 Å². The van der Waals surface area contributed by atoms with Crippen molar-refractivity contribution in [1.29, 1.82) is 0 Å². The van der Waals surface area contributed by atoms with Crippen molar-refractivity contribution in [3.8, 4) is 22.6 Å². The Bertz CT molecular complexity index is 2760. The molecule has 4 heterocycles. The second-order valence-corrected chi connectivity index (χ2v) is 11.6. The molecule has 0 aliphatic heterocycles. The predicted octanol–water partition coefficient (Wildman–Crippen LogP) is 10.8. The molecule has 4 nitrogen and oxygen atoms in total. The average Bonchev–Trinajstić information content (AvgIpc) is 3.76. The molecule has 4 heteroatoms. The summed E-state index contributed by atoms with van der Waals surface area (Å²) < 4.78 is 11.0. The minimum absolute atomic E-state index is 0.797. The topological polar surface area (TPSA) is 35.9 Å². The maximum absolute atomic E-state index is 6.42. The van der Waals surface area contributed by atoms with Crippen LogP contribution in [0.15, 0.2) is 156 Å². The van der Waals surface area contributed by atoms with Crippen LogP contribution in [0, 0.1) is 0 Å². The summed E-state index contributed by atoms with van der Waals surface area (Å²) in [7, 11) is 0.